The van der Waals surface area contributed by atoms with Crippen molar-refractivity contribution in [1.82, 2.24) is 0 Å². The molecule has 0 radical (unpaired) electrons. The van der Waals surface area contributed by atoms with Crippen molar-refractivity contribution < 1.29 is 14.3 Å². The Hall–Kier alpha value is -3.06. The van der Waals surface area contributed by atoms with Crippen molar-refractivity contribution in [3.8, 4) is 22.9 Å². The van der Waals surface area contributed by atoms with E-state index in [2.05, 4.69) is 18.2 Å². The summed E-state index contributed by atoms with van der Waals surface area (Å²) in [6, 6.07) is 17.8. The lowest BCUT2D eigenvalue weighted by Gasteiger charge is -2.16. The van der Waals surface area contributed by atoms with Crippen molar-refractivity contribution in [2.24, 2.45) is 17.8 Å². The molecular weight excluding hydrogens is 386 g/mol. The van der Waals surface area contributed by atoms with Gasteiger partial charge in [-0.2, -0.15) is 5.26 Å². The van der Waals surface area contributed by atoms with Crippen LogP contribution in [0, 0.1) is 29.1 Å². The van der Waals surface area contributed by atoms with Crippen LogP contribution in [0.2, 0.25) is 0 Å². The van der Waals surface area contributed by atoms with Gasteiger partial charge < -0.3 is 9.47 Å². The minimum atomic E-state index is 0.00429. The van der Waals surface area contributed by atoms with Gasteiger partial charge in [-0.15, -0.1) is 0 Å². The highest BCUT2D eigenvalue weighted by Gasteiger charge is 2.40. The second kappa shape index (κ2) is 10.3. The zero-order valence-corrected chi connectivity index (χ0v) is 17.8. The van der Waals surface area contributed by atoms with Crippen LogP contribution in [-0.4, -0.2) is 19.2 Å². The fourth-order valence-electron chi connectivity index (χ4n) is 4.56. The van der Waals surface area contributed by atoms with Crippen LogP contribution in [0.1, 0.15) is 44.1 Å². The van der Waals surface area contributed by atoms with Gasteiger partial charge in [-0.05, 0) is 85.8 Å². The minimum absolute atomic E-state index is 0.00429. The molecule has 160 valence electrons. The number of hydrogen-bond donors (Lipinski definition) is 0. The Bertz CT molecular complexity index is 940. The fourth-order valence-corrected chi connectivity index (χ4v) is 4.56. The number of carbonyl (C=O) groups is 1. The van der Waals surface area contributed by atoms with Crippen molar-refractivity contribution in [3.63, 3.8) is 0 Å². The predicted octanol–water partition coefficient (Wildman–Crippen LogP) is 5.92. The van der Waals surface area contributed by atoms with Crippen molar-refractivity contribution in [2.45, 2.75) is 38.5 Å². The predicted molar refractivity (Wildman–Crippen MR) is 120 cm³/mol. The first-order valence-corrected chi connectivity index (χ1v) is 11.3. The van der Waals surface area contributed by atoms with Gasteiger partial charge in [0.1, 0.15) is 5.75 Å². The highest BCUT2D eigenvalue weighted by atomic mass is 16.5. The quantitative estimate of drug-likeness (QED) is 0.274. The SMILES string of the molecule is N#Cc1ccc(-c2ccc(OCCCCCCOC(=O)[C@@H]3C[C@@H]4C=C[C@H]3C4)cc2)cc1. The molecule has 0 amide bonds. The average Bonchev–Trinajstić information content (AvgIpc) is 3.45. The molecule has 3 atom stereocenters. The van der Waals surface area contributed by atoms with E-state index in [1.807, 2.05) is 48.5 Å². The summed E-state index contributed by atoms with van der Waals surface area (Å²) in [5.74, 6) is 2.00. The lowest BCUT2D eigenvalue weighted by atomic mass is 9.94. The Morgan fingerprint density at radius 3 is 2.16 bits per heavy atom. The number of carbonyl (C=O) groups excluding carboxylic acids is 1. The van der Waals surface area contributed by atoms with Crippen molar-refractivity contribution >= 4 is 5.97 Å². The van der Waals surface area contributed by atoms with Gasteiger partial charge in [0.25, 0.3) is 0 Å². The van der Waals surface area contributed by atoms with Crippen molar-refractivity contribution in [1.29, 1.82) is 5.26 Å². The number of ether oxygens (including phenoxy) is 2. The van der Waals surface area contributed by atoms with Crippen LogP contribution in [0.25, 0.3) is 11.1 Å². The van der Waals surface area contributed by atoms with Crippen LogP contribution in [0.15, 0.2) is 60.7 Å². The van der Waals surface area contributed by atoms with Crippen LogP contribution in [0.5, 0.6) is 5.75 Å². The fraction of sp³-hybridized carbons (Fsp3) is 0.407. The number of nitrogens with zero attached hydrogens (tertiary/aromatic N) is 1. The van der Waals surface area contributed by atoms with E-state index in [-0.39, 0.29) is 11.9 Å². The van der Waals surface area contributed by atoms with E-state index in [1.54, 1.807) is 0 Å². The molecule has 4 heteroatoms. The lowest BCUT2D eigenvalue weighted by Crippen LogP contribution is -2.22. The first-order valence-electron chi connectivity index (χ1n) is 11.3. The molecule has 1 saturated carbocycles. The van der Waals surface area contributed by atoms with Crippen molar-refractivity contribution in [3.05, 3.63) is 66.2 Å². The maximum Gasteiger partial charge on any atom is 0.309 e. The lowest BCUT2D eigenvalue weighted by molar-refractivity contribution is -0.149. The topological polar surface area (TPSA) is 59.3 Å². The number of allylic oxidation sites excluding steroid dienone is 2. The van der Waals surface area contributed by atoms with Gasteiger partial charge in [0.2, 0.25) is 0 Å². The molecule has 2 aliphatic rings. The number of benzene rings is 2. The van der Waals surface area contributed by atoms with Crippen LogP contribution in [-0.2, 0) is 9.53 Å². The standard InChI is InChI=1S/C27H29NO3/c28-19-20-5-8-22(9-6-20)23-11-13-25(14-12-23)30-15-3-1-2-4-16-31-27(29)26-18-21-7-10-24(26)17-21/h5-14,21,24,26H,1-4,15-18H2/t21-,24+,26-/m1/s1. The molecule has 4 rings (SSSR count). The second-order valence-corrected chi connectivity index (χ2v) is 8.53. The minimum Gasteiger partial charge on any atom is -0.494 e. The molecule has 2 bridgehead atoms. The molecule has 0 spiro atoms. The molecule has 2 aliphatic carbocycles. The molecule has 0 saturated heterocycles. The summed E-state index contributed by atoms with van der Waals surface area (Å²) in [7, 11) is 0. The van der Waals surface area contributed by atoms with Gasteiger partial charge in [0.05, 0.1) is 30.8 Å². The van der Waals surface area contributed by atoms with E-state index >= 15 is 0 Å². The normalized spacial score (nSPS) is 21.1. The zero-order chi connectivity index (χ0) is 21.5. The van der Waals surface area contributed by atoms with E-state index in [9.17, 15) is 4.79 Å². The van der Waals surface area contributed by atoms with Crippen LogP contribution >= 0.6 is 0 Å². The van der Waals surface area contributed by atoms with Gasteiger partial charge >= 0.3 is 5.97 Å². The van der Waals surface area contributed by atoms with Crippen molar-refractivity contribution in [2.75, 3.05) is 13.2 Å². The Morgan fingerprint density at radius 2 is 1.55 bits per heavy atom. The Balaban J connectivity index is 1.07. The molecule has 4 nitrogen and oxygen atoms in total. The monoisotopic (exact) mass is 415 g/mol. The van der Waals surface area contributed by atoms with Gasteiger partial charge in [-0.3, -0.25) is 4.79 Å². The number of unbranched alkanes of at least 4 members (excludes halogenated alkanes) is 3. The van der Waals surface area contributed by atoms with Crippen LogP contribution in [0.3, 0.4) is 0 Å². The Morgan fingerprint density at radius 1 is 0.871 bits per heavy atom. The van der Waals surface area contributed by atoms with E-state index in [4.69, 9.17) is 14.7 Å². The number of nitriles is 1. The van der Waals surface area contributed by atoms with E-state index in [0.717, 1.165) is 55.4 Å². The third kappa shape index (κ3) is 5.55. The first-order chi connectivity index (χ1) is 15.2. The van der Waals surface area contributed by atoms with Gasteiger partial charge in [0.15, 0.2) is 0 Å². The third-order valence-corrected chi connectivity index (χ3v) is 6.34. The molecule has 2 aromatic carbocycles. The molecule has 0 N–H and O–H groups in total. The smallest absolute Gasteiger partial charge is 0.309 e. The number of esters is 1. The van der Waals surface area contributed by atoms with Crippen LogP contribution in [0.4, 0.5) is 0 Å². The molecule has 1 fully saturated rings. The van der Waals surface area contributed by atoms with Crippen LogP contribution < -0.4 is 4.74 Å². The van der Waals surface area contributed by atoms with E-state index < -0.39 is 0 Å². The maximum absolute atomic E-state index is 12.2. The van der Waals surface area contributed by atoms with E-state index in [1.165, 1.54) is 0 Å². The molecule has 2 aromatic rings. The molecule has 0 aromatic heterocycles. The molecule has 0 heterocycles. The number of fused-ring (bicyclic) bond motifs is 2. The largest absolute Gasteiger partial charge is 0.494 e. The Labute approximate surface area is 184 Å². The average molecular weight is 416 g/mol. The number of rotatable bonds is 10. The zero-order valence-electron chi connectivity index (χ0n) is 17.8. The Kier molecular flexibility index (Phi) is 7.04. The summed E-state index contributed by atoms with van der Waals surface area (Å²) >= 11 is 0. The number of hydrogen-bond acceptors (Lipinski definition) is 4. The van der Waals surface area contributed by atoms with Gasteiger partial charge in [-0.1, -0.05) is 36.4 Å². The molecular formula is C27H29NO3. The molecule has 31 heavy (non-hydrogen) atoms. The summed E-state index contributed by atoms with van der Waals surface area (Å²) in [6.45, 7) is 1.22. The molecule has 0 aliphatic heterocycles. The van der Waals surface area contributed by atoms with E-state index in [0.29, 0.717) is 30.6 Å². The summed E-state index contributed by atoms with van der Waals surface area (Å²) in [5.41, 5.74) is 2.86. The van der Waals surface area contributed by atoms with Gasteiger partial charge in [0, 0.05) is 0 Å². The maximum atomic E-state index is 12.2. The summed E-state index contributed by atoms with van der Waals surface area (Å²) < 4.78 is 11.3. The first kappa shape index (κ1) is 21.2. The highest BCUT2D eigenvalue weighted by Crippen LogP contribution is 2.43. The summed E-state index contributed by atoms with van der Waals surface area (Å²) in [6.07, 6.45) is 10.6. The summed E-state index contributed by atoms with van der Waals surface area (Å²) in [5, 5.41) is 8.89. The summed E-state index contributed by atoms with van der Waals surface area (Å²) in [4.78, 5) is 12.2. The third-order valence-electron chi connectivity index (χ3n) is 6.34. The second-order valence-electron chi connectivity index (χ2n) is 8.53. The van der Waals surface area contributed by atoms with Gasteiger partial charge in [-0.25, -0.2) is 0 Å². The molecule has 0 unspecified atom stereocenters. The highest BCUT2D eigenvalue weighted by molar-refractivity contribution is 5.74.